The predicted octanol–water partition coefficient (Wildman–Crippen LogP) is 3.34. The van der Waals surface area contributed by atoms with E-state index in [1.165, 1.54) is 6.07 Å². The van der Waals surface area contributed by atoms with Gasteiger partial charge in [-0.15, -0.1) is 0 Å². The molecule has 0 aliphatic carbocycles. The van der Waals surface area contributed by atoms with E-state index in [1.54, 1.807) is 16.8 Å². The Morgan fingerprint density at radius 3 is 2.75 bits per heavy atom. The third kappa shape index (κ3) is 2.17. The van der Waals surface area contributed by atoms with E-state index in [4.69, 9.17) is 17.3 Å². The van der Waals surface area contributed by atoms with Crippen LogP contribution in [-0.2, 0) is 13.1 Å². The molecule has 20 heavy (non-hydrogen) atoms. The molecule has 0 amide bonds. The normalized spacial score (nSPS) is 11.2. The number of halogens is 2. The third-order valence-electron chi connectivity index (χ3n) is 3.28. The van der Waals surface area contributed by atoms with Gasteiger partial charge in [-0.3, -0.25) is 4.68 Å². The van der Waals surface area contributed by atoms with Crippen LogP contribution in [0.2, 0.25) is 5.02 Å². The van der Waals surface area contributed by atoms with Crippen LogP contribution in [0.1, 0.15) is 11.3 Å². The van der Waals surface area contributed by atoms with Crippen molar-refractivity contribution in [3.05, 3.63) is 64.6 Å². The summed E-state index contributed by atoms with van der Waals surface area (Å²) in [5.41, 5.74) is 8.21. The van der Waals surface area contributed by atoms with Crippen molar-refractivity contribution in [2.75, 3.05) is 0 Å². The first-order chi connectivity index (χ1) is 9.70. The molecule has 102 valence electrons. The van der Waals surface area contributed by atoms with Crippen LogP contribution in [0.15, 0.2) is 42.5 Å². The molecule has 2 aromatic carbocycles. The van der Waals surface area contributed by atoms with Gasteiger partial charge in [0.2, 0.25) is 0 Å². The fraction of sp³-hybridized carbons (Fsp3) is 0.133. The van der Waals surface area contributed by atoms with Crippen LogP contribution in [0.3, 0.4) is 0 Å². The molecule has 0 spiro atoms. The Kier molecular flexibility index (Phi) is 3.42. The second-order valence-corrected chi connectivity index (χ2v) is 4.92. The van der Waals surface area contributed by atoms with Gasteiger partial charge < -0.3 is 5.73 Å². The van der Waals surface area contributed by atoms with E-state index in [2.05, 4.69) is 5.10 Å². The van der Waals surface area contributed by atoms with E-state index < -0.39 is 5.82 Å². The molecule has 3 nitrogen and oxygen atoms in total. The van der Waals surface area contributed by atoms with Crippen molar-refractivity contribution in [1.29, 1.82) is 0 Å². The van der Waals surface area contributed by atoms with E-state index in [0.29, 0.717) is 18.7 Å². The summed E-state index contributed by atoms with van der Waals surface area (Å²) >= 11 is 5.99. The van der Waals surface area contributed by atoms with Gasteiger partial charge in [-0.2, -0.15) is 5.10 Å². The van der Waals surface area contributed by atoms with Gasteiger partial charge in [-0.05, 0) is 17.7 Å². The third-order valence-corrected chi connectivity index (χ3v) is 3.70. The summed E-state index contributed by atoms with van der Waals surface area (Å²) in [6.07, 6.45) is 0. The number of fused-ring (bicyclic) bond motifs is 1. The Hall–Kier alpha value is -1.91. The molecule has 0 saturated carbocycles. The minimum atomic E-state index is -0.417. The van der Waals surface area contributed by atoms with Gasteiger partial charge in [0.25, 0.3) is 0 Å². The van der Waals surface area contributed by atoms with Crippen LogP contribution in [0, 0.1) is 5.82 Å². The zero-order chi connectivity index (χ0) is 14.1. The van der Waals surface area contributed by atoms with Crippen molar-refractivity contribution in [1.82, 2.24) is 9.78 Å². The summed E-state index contributed by atoms with van der Waals surface area (Å²) in [6.45, 7) is 0.779. The Balaban J connectivity index is 2.09. The monoisotopic (exact) mass is 289 g/mol. The summed E-state index contributed by atoms with van der Waals surface area (Å²) in [5, 5.41) is 5.64. The number of aromatic nitrogens is 2. The molecule has 0 radical (unpaired) electrons. The fourth-order valence-electron chi connectivity index (χ4n) is 2.30. The van der Waals surface area contributed by atoms with Gasteiger partial charge in [-0.25, -0.2) is 4.39 Å². The maximum absolute atomic E-state index is 13.5. The zero-order valence-corrected chi connectivity index (χ0v) is 11.4. The molecule has 0 unspecified atom stereocenters. The average Bonchev–Trinajstić information content (AvgIpc) is 2.82. The molecular formula is C15H13ClFN3. The van der Waals surface area contributed by atoms with Gasteiger partial charge in [0.1, 0.15) is 5.82 Å². The van der Waals surface area contributed by atoms with E-state index in [0.717, 1.165) is 16.6 Å². The molecule has 0 aliphatic heterocycles. The molecule has 0 aliphatic rings. The molecular weight excluding hydrogens is 277 g/mol. The Bertz CT molecular complexity index is 767. The minimum absolute atomic E-state index is 0.140. The molecule has 5 heteroatoms. The average molecular weight is 290 g/mol. The molecule has 3 rings (SSSR count). The molecule has 0 saturated heterocycles. The molecule has 1 heterocycles. The second-order valence-electron chi connectivity index (χ2n) is 4.54. The second kappa shape index (κ2) is 5.23. The summed E-state index contributed by atoms with van der Waals surface area (Å²) in [5.74, 6) is -0.417. The van der Waals surface area contributed by atoms with Crippen molar-refractivity contribution in [2.45, 2.75) is 13.1 Å². The summed E-state index contributed by atoms with van der Waals surface area (Å²) < 4.78 is 15.3. The van der Waals surface area contributed by atoms with Gasteiger partial charge in [0.05, 0.1) is 22.8 Å². The van der Waals surface area contributed by atoms with Gasteiger partial charge in [0, 0.05) is 11.9 Å². The first kappa shape index (κ1) is 13.1. The van der Waals surface area contributed by atoms with Crippen molar-refractivity contribution in [3.63, 3.8) is 0 Å². The Labute approximate surface area is 120 Å². The van der Waals surface area contributed by atoms with Crippen molar-refractivity contribution in [3.8, 4) is 0 Å². The number of hydrogen-bond acceptors (Lipinski definition) is 2. The highest BCUT2D eigenvalue weighted by atomic mass is 35.5. The zero-order valence-electron chi connectivity index (χ0n) is 10.7. The number of nitrogens with zero attached hydrogens (tertiary/aromatic N) is 2. The standard InChI is InChI=1S/C15H13ClFN3/c16-15-10(4-3-6-12(15)17)9-20-14-7-2-1-5-11(14)13(8-18)19-20/h1-7H,8-9,18H2. The smallest absolute Gasteiger partial charge is 0.142 e. The van der Waals surface area contributed by atoms with Crippen LogP contribution >= 0.6 is 11.6 Å². The van der Waals surface area contributed by atoms with Gasteiger partial charge >= 0.3 is 0 Å². The lowest BCUT2D eigenvalue weighted by atomic mass is 10.2. The topological polar surface area (TPSA) is 43.8 Å². The minimum Gasteiger partial charge on any atom is -0.325 e. The predicted molar refractivity (Wildman–Crippen MR) is 78.1 cm³/mol. The molecule has 3 aromatic rings. The summed E-state index contributed by atoms with van der Waals surface area (Å²) in [7, 11) is 0. The maximum atomic E-state index is 13.5. The number of hydrogen-bond donors (Lipinski definition) is 1. The molecule has 2 N–H and O–H groups in total. The van der Waals surface area contributed by atoms with E-state index in [9.17, 15) is 4.39 Å². The van der Waals surface area contributed by atoms with Crippen LogP contribution in [0.5, 0.6) is 0 Å². The number of benzene rings is 2. The summed E-state index contributed by atoms with van der Waals surface area (Å²) in [6, 6.07) is 12.6. The van der Waals surface area contributed by atoms with E-state index in [1.807, 2.05) is 24.3 Å². The van der Waals surface area contributed by atoms with Crippen LogP contribution in [0.4, 0.5) is 4.39 Å². The number of rotatable bonds is 3. The first-order valence-electron chi connectivity index (χ1n) is 6.28. The largest absolute Gasteiger partial charge is 0.325 e. The van der Waals surface area contributed by atoms with Gasteiger partial charge in [-0.1, -0.05) is 41.9 Å². The van der Waals surface area contributed by atoms with E-state index >= 15 is 0 Å². The maximum Gasteiger partial charge on any atom is 0.142 e. The van der Waals surface area contributed by atoms with Crippen molar-refractivity contribution in [2.24, 2.45) is 5.73 Å². The van der Waals surface area contributed by atoms with Crippen LogP contribution in [0.25, 0.3) is 10.9 Å². The highest BCUT2D eigenvalue weighted by Crippen LogP contribution is 2.23. The Morgan fingerprint density at radius 1 is 1.15 bits per heavy atom. The molecule has 0 fully saturated rings. The van der Waals surface area contributed by atoms with Crippen LogP contribution in [-0.4, -0.2) is 9.78 Å². The molecule has 0 bridgehead atoms. The highest BCUT2D eigenvalue weighted by Gasteiger charge is 2.11. The highest BCUT2D eigenvalue weighted by molar-refractivity contribution is 6.31. The van der Waals surface area contributed by atoms with Crippen molar-refractivity contribution < 1.29 is 4.39 Å². The first-order valence-corrected chi connectivity index (χ1v) is 6.66. The van der Waals surface area contributed by atoms with Gasteiger partial charge in [0.15, 0.2) is 0 Å². The van der Waals surface area contributed by atoms with Crippen LogP contribution < -0.4 is 5.73 Å². The summed E-state index contributed by atoms with van der Waals surface area (Å²) in [4.78, 5) is 0. The lowest BCUT2D eigenvalue weighted by Crippen LogP contribution is -2.05. The Morgan fingerprint density at radius 2 is 1.95 bits per heavy atom. The number of nitrogens with two attached hydrogens (primary N) is 1. The lowest BCUT2D eigenvalue weighted by Gasteiger charge is -2.06. The fourth-order valence-corrected chi connectivity index (χ4v) is 2.49. The SMILES string of the molecule is NCc1nn(Cc2cccc(F)c2Cl)c2ccccc12. The van der Waals surface area contributed by atoms with Crippen molar-refractivity contribution >= 4 is 22.5 Å². The van der Waals surface area contributed by atoms with E-state index in [-0.39, 0.29) is 5.02 Å². The lowest BCUT2D eigenvalue weighted by molar-refractivity contribution is 0.621. The molecule has 1 aromatic heterocycles. The molecule has 0 atom stereocenters. The number of para-hydroxylation sites is 1. The quantitative estimate of drug-likeness (QED) is 0.804.